The van der Waals surface area contributed by atoms with E-state index < -0.39 is 0 Å². The van der Waals surface area contributed by atoms with Crippen molar-refractivity contribution in [2.24, 2.45) is 0 Å². The molecule has 0 spiro atoms. The molecule has 0 bridgehead atoms. The highest BCUT2D eigenvalue weighted by Gasteiger charge is 1.99. The number of aromatic nitrogens is 1. The van der Waals surface area contributed by atoms with Gasteiger partial charge in [0, 0.05) is 12.3 Å². The van der Waals surface area contributed by atoms with Crippen LogP contribution in [0.2, 0.25) is 0 Å². The molecular weight excluding hydrogens is 230 g/mol. The topological polar surface area (TPSA) is 40.5 Å². The number of halogens is 1. The lowest BCUT2D eigenvalue weighted by Gasteiger charge is -2.07. The van der Waals surface area contributed by atoms with Crippen molar-refractivity contribution < 1.29 is 9.03 Å². The van der Waals surface area contributed by atoms with Crippen LogP contribution in [-0.4, -0.2) is 11.2 Å². The van der Waals surface area contributed by atoms with Crippen molar-refractivity contribution in [2.45, 2.75) is 32.9 Å². The van der Waals surface area contributed by atoms with Gasteiger partial charge in [0.15, 0.2) is 0 Å². The van der Waals surface area contributed by atoms with E-state index in [2.05, 4.69) is 11.2 Å². The van der Waals surface area contributed by atoms with Gasteiger partial charge in [-0.05, 0) is 12.5 Å². The molecule has 0 aliphatic rings. The molecule has 1 rings (SSSR count). The summed E-state index contributed by atoms with van der Waals surface area (Å²) >= 11 is 5.08. The third kappa shape index (κ3) is 4.24. The van der Waals surface area contributed by atoms with Gasteiger partial charge in [0.25, 0.3) is 5.56 Å². The van der Waals surface area contributed by atoms with E-state index in [0.29, 0.717) is 12.4 Å². The van der Waals surface area contributed by atoms with Crippen LogP contribution in [0.1, 0.15) is 26.2 Å². The molecule has 90 valence electrons. The second-order valence-corrected chi connectivity index (χ2v) is 3.68. The molecule has 0 aromatic carbocycles. The Bertz CT molecular complexity index is 364. The quantitative estimate of drug-likeness (QED) is 0.693. The molecule has 0 aliphatic carbocycles. The minimum Gasteiger partial charge on any atom is -0.493 e. The first-order valence-corrected chi connectivity index (χ1v) is 5.65. The Hall–Kier alpha value is -1.00. The molecule has 0 aliphatic heterocycles. The molecule has 0 amide bonds. The largest absolute Gasteiger partial charge is 0.493 e. The summed E-state index contributed by atoms with van der Waals surface area (Å²) in [4.78, 5) is 11.5. The summed E-state index contributed by atoms with van der Waals surface area (Å²) in [7, 11) is 0. The molecule has 0 saturated heterocycles. The Morgan fingerprint density at radius 3 is 2.88 bits per heavy atom. The van der Waals surface area contributed by atoms with Crippen molar-refractivity contribution in [1.29, 1.82) is 0 Å². The van der Waals surface area contributed by atoms with Gasteiger partial charge < -0.3 is 4.74 Å². The smallest absolute Gasteiger partial charge is 0.256 e. The van der Waals surface area contributed by atoms with Crippen LogP contribution in [0.25, 0.3) is 0 Å². The highest BCUT2D eigenvalue weighted by Crippen LogP contribution is 2.07. The predicted molar refractivity (Wildman–Crippen MR) is 62.7 cm³/mol. The highest BCUT2D eigenvalue weighted by atomic mass is 35.5. The number of unbranched alkanes of at least 4 members (excludes halogenated alkanes) is 2. The third-order valence-electron chi connectivity index (χ3n) is 2.17. The molecule has 0 N–H and O–H groups in total. The first-order chi connectivity index (χ1) is 7.77. The zero-order chi connectivity index (χ0) is 11.8. The van der Waals surface area contributed by atoms with Gasteiger partial charge in [0.1, 0.15) is 12.5 Å². The molecule has 0 saturated carbocycles. The van der Waals surface area contributed by atoms with Crippen LogP contribution < -0.4 is 10.3 Å². The first kappa shape index (κ1) is 13.1. The number of pyridine rings is 1. The summed E-state index contributed by atoms with van der Waals surface area (Å²) in [5, 5.41) is 0. The second kappa shape index (κ2) is 7.30. The van der Waals surface area contributed by atoms with Crippen molar-refractivity contribution in [3.63, 3.8) is 0 Å². The fourth-order valence-electron chi connectivity index (χ4n) is 1.28. The SMILES string of the molecule is CCCCCOc1ccn(COCl)c(=O)c1. The second-order valence-electron chi connectivity index (χ2n) is 3.46. The Balaban J connectivity index is 2.49. The van der Waals surface area contributed by atoms with Crippen LogP contribution in [0.5, 0.6) is 5.75 Å². The van der Waals surface area contributed by atoms with E-state index >= 15 is 0 Å². The van der Waals surface area contributed by atoms with Gasteiger partial charge in [-0.15, -0.1) is 0 Å². The number of hydrogen-bond acceptors (Lipinski definition) is 3. The number of nitrogens with zero attached hydrogens (tertiary/aromatic N) is 1. The predicted octanol–water partition coefficient (Wildman–Crippen LogP) is 2.55. The summed E-state index contributed by atoms with van der Waals surface area (Å²) in [5.41, 5.74) is -0.186. The third-order valence-corrected chi connectivity index (χ3v) is 2.27. The molecule has 0 atom stereocenters. The Morgan fingerprint density at radius 2 is 2.25 bits per heavy atom. The maximum Gasteiger partial charge on any atom is 0.256 e. The minimum absolute atomic E-state index is 0.0382. The van der Waals surface area contributed by atoms with Crippen molar-refractivity contribution in [3.05, 3.63) is 28.7 Å². The van der Waals surface area contributed by atoms with Crippen LogP contribution in [0.15, 0.2) is 23.1 Å². The van der Waals surface area contributed by atoms with E-state index in [0.717, 1.165) is 19.3 Å². The van der Waals surface area contributed by atoms with Crippen molar-refractivity contribution >= 4 is 11.9 Å². The normalized spacial score (nSPS) is 10.4. The zero-order valence-electron chi connectivity index (χ0n) is 9.32. The summed E-state index contributed by atoms with van der Waals surface area (Å²) in [6, 6.07) is 3.16. The molecule has 0 radical (unpaired) electrons. The number of rotatable bonds is 7. The summed E-state index contributed by atoms with van der Waals surface area (Å²) in [6.07, 6.45) is 4.89. The summed E-state index contributed by atoms with van der Waals surface area (Å²) in [5.74, 6) is 0.590. The zero-order valence-corrected chi connectivity index (χ0v) is 10.1. The van der Waals surface area contributed by atoms with Gasteiger partial charge in [-0.2, -0.15) is 0 Å². The molecule has 4 nitrogen and oxygen atoms in total. The maximum absolute atomic E-state index is 11.5. The van der Waals surface area contributed by atoms with Gasteiger partial charge in [-0.3, -0.25) is 13.7 Å². The van der Waals surface area contributed by atoms with Gasteiger partial charge in [0.2, 0.25) is 0 Å². The molecule has 5 heteroatoms. The van der Waals surface area contributed by atoms with Gasteiger partial charge in [0.05, 0.1) is 18.5 Å². The number of ether oxygens (including phenoxy) is 1. The number of hydrogen-bond donors (Lipinski definition) is 0. The lowest BCUT2D eigenvalue weighted by molar-refractivity contribution is 0.254. The molecule has 1 aromatic rings. The van der Waals surface area contributed by atoms with Crippen LogP contribution in [0.3, 0.4) is 0 Å². The molecule has 0 fully saturated rings. The van der Waals surface area contributed by atoms with Gasteiger partial charge >= 0.3 is 0 Å². The van der Waals surface area contributed by atoms with E-state index in [9.17, 15) is 4.79 Å². The van der Waals surface area contributed by atoms with Crippen LogP contribution in [0.4, 0.5) is 0 Å². The summed E-state index contributed by atoms with van der Waals surface area (Å²) in [6.45, 7) is 2.81. The van der Waals surface area contributed by atoms with Crippen LogP contribution >= 0.6 is 11.9 Å². The van der Waals surface area contributed by atoms with Gasteiger partial charge in [-0.1, -0.05) is 19.8 Å². The Labute approximate surface area is 99.9 Å². The van der Waals surface area contributed by atoms with Crippen molar-refractivity contribution in [3.8, 4) is 5.75 Å². The summed E-state index contributed by atoms with van der Waals surface area (Å²) < 4.78 is 11.1. The van der Waals surface area contributed by atoms with Crippen LogP contribution in [0, 0.1) is 0 Å². The Kier molecular flexibility index (Phi) is 5.96. The van der Waals surface area contributed by atoms with E-state index in [1.807, 2.05) is 0 Å². The standard InChI is InChI=1S/C11H16ClNO3/c1-2-3-4-7-15-10-5-6-13(9-16-12)11(14)8-10/h5-6,8H,2-4,7,9H2,1H3. The van der Waals surface area contributed by atoms with E-state index in [4.69, 9.17) is 16.6 Å². The van der Waals surface area contributed by atoms with E-state index in [-0.39, 0.29) is 12.3 Å². The Morgan fingerprint density at radius 1 is 1.44 bits per heavy atom. The molecular formula is C11H16ClNO3. The monoisotopic (exact) mass is 245 g/mol. The van der Waals surface area contributed by atoms with Crippen molar-refractivity contribution in [1.82, 2.24) is 4.57 Å². The van der Waals surface area contributed by atoms with Gasteiger partial charge in [-0.25, -0.2) is 0 Å². The van der Waals surface area contributed by atoms with E-state index in [1.165, 1.54) is 10.6 Å². The lowest BCUT2D eigenvalue weighted by Crippen LogP contribution is -2.18. The fraction of sp³-hybridized carbons (Fsp3) is 0.545. The molecule has 16 heavy (non-hydrogen) atoms. The van der Waals surface area contributed by atoms with Crippen molar-refractivity contribution in [2.75, 3.05) is 6.61 Å². The van der Waals surface area contributed by atoms with E-state index in [1.54, 1.807) is 12.3 Å². The average Bonchev–Trinajstić information content (AvgIpc) is 2.28. The van der Waals surface area contributed by atoms with Crippen LogP contribution in [-0.2, 0) is 11.0 Å². The highest BCUT2D eigenvalue weighted by molar-refractivity contribution is 6.07. The lowest BCUT2D eigenvalue weighted by atomic mass is 10.3. The maximum atomic E-state index is 11.5. The molecule has 0 unspecified atom stereocenters. The average molecular weight is 246 g/mol. The minimum atomic E-state index is -0.186. The first-order valence-electron chi connectivity index (χ1n) is 5.34. The fourth-order valence-corrected chi connectivity index (χ4v) is 1.39. The molecule has 1 aromatic heterocycles. The molecule has 1 heterocycles.